The molecule has 1 heterocycles. The molecule has 0 spiro atoms. The summed E-state index contributed by atoms with van der Waals surface area (Å²) in [5.41, 5.74) is 3.75. The minimum Gasteiger partial charge on any atom is -0.385 e. The molecule has 3 N–H and O–H groups in total. The Morgan fingerprint density at radius 1 is 1.35 bits per heavy atom. The zero-order valence-electron chi connectivity index (χ0n) is 12.7. The Balaban J connectivity index is 1.81. The number of aryl methyl sites for hydroxylation is 1. The van der Waals surface area contributed by atoms with E-state index in [4.69, 9.17) is 0 Å². The van der Waals surface area contributed by atoms with Crippen LogP contribution in [-0.2, 0) is 12.8 Å². The molecule has 0 aromatic heterocycles. The van der Waals surface area contributed by atoms with Gasteiger partial charge in [0.05, 0.1) is 0 Å². The van der Waals surface area contributed by atoms with Gasteiger partial charge in [0.15, 0.2) is 0 Å². The molecule has 110 valence electrons. The maximum atomic E-state index is 11.6. The van der Waals surface area contributed by atoms with Gasteiger partial charge in [-0.15, -0.1) is 0 Å². The summed E-state index contributed by atoms with van der Waals surface area (Å²) >= 11 is 0. The van der Waals surface area contributed by atoms with Crippen molar-refractivity contribution >= 4 is 11.7 Å². The number of benzene rings is 1. The molecule has 2 rings (SSSR count). The van der Waals surface area contributed by atoms with Gasteiger partial charge < -0.3 is 16.0 Å². The summed E-state index contributed by atoms with van der Waals surface area (Å²) in [6, 6.07) is 6.45. The van der Waals surface area contributed by atoms with Gasteiger partial charge in [-0.25, -0.2) is 4.79 Å². The number of amides is 2. The molecule has 0 saturated heterocycles. The van der Waals surface area contributed by atoms with Gasteiger partial charge in [-0.2, -0.15) is 0 Å². The van der Waals surface area contributed by atoms with Gasteiger partial charge in [0.2, 0.25) is 0 Å². The third-order valence-electron chi connectivity index (χ3n) is 3.30. The van der Waals surface area contributed by atoms with Crippen molar-refractivity contribution in [3.8, 4) is 0 Å². The van der Waals surface area contributed by atoms with E-state index in [0.717, 1.165) is 19.4 Å². The zero-order chi connectivity index (χ0) is 14.6. The quantitative estimate of drug-likeness (QED) is 0.794. The number of carbonyl (C=O) groups excluding carboxylic acids is 1. The third-order valence-corrected chi connectivity index (χ3v) is 3.30. The van der Waals surface area contributed by atoms with Crippen molar-refractivity contribution in [3.63, 3.8) is 0 Å². The molecule has 0 atom stereocenters. The van der Waals surface area contributed by atoms with E-state index in [1.807, 2.05) is 20.8 Å². The van der Waals surface area contributed by atoms with E-state index in [-0.39, 0.29) is 11.6 Å². The van der Waals surface area contributed by atoms with Crippen LogP contribution in [-0.4, -0.2) is 24.7 Å². The van der Waals surface area contributed by atoms with Crippen LogP contribution in [0.1, 0.15) is 38.3 Å². The molecular weight excluding hydrogens is 250 g/mol. The lowest BCUT2D eigenvalue weighted by Gasteiger charge is -2.21. The molecule has 0 unspecified atom stereocenters. The number of carbonyl (C=O) groups is 1. The van der Waals surface area contributed by atoms with Crippen LogP contribution in [0.2, 0.25) is 0 Å². The molecule has 0 bridgehead atoms. The first-order valence-corrected chi connectivity index (χ1v) is 7.36. The predicted molar refractivity (Wildman–Crippen MR) is 83.2 cm³/mol. The molecule has 4 nitrogen and oxygen atoms in total. The molecule has 0 fully saturated rings. The molecular formula is C16H25N3O. The second kappa shape index (κ2) is 6.16. The van der Waals surface area contributed by atoms with Gasteiger partial charge >= 0.3 is 6.03 Å². The number of nitrogens with one attached hydrogen (secondary N) is 3. The van der Waals surface area contributed by atoms with E-state index in [1.54, 1.807) is 0 Å². The summed E-state index contributed by atoms with van der Waals surface area (Å²) in [6.07, 6.45) is 3.21. The smallest absolute Gasteiger partial charge is 0.315 e. The number of rotatable bonds is 3. The van der Waals surface area contributed by atoms with Crippen molar-refractivity contribution in [1.82, 2.24) is 10.6 Å². The van der Waals surface area contributed by atoms with Crippen LogP contribution in [0.5, 0.6) is 0 Å². The molecule has 1 aliphatic heterocycles. The standard InChI is InChI=1S/C16H25N3O/c1-16(2,3)19-15(20)18-10-8-12-6-7-14-13(11-12)5-4-9-17-14/h6-7,11,17H,4-5,8-10H2,1-3H3,(H2,18,19,20). The predicted octanol–water partition coefficient (Wildman–Crippen LogP) is 2.68. The molecule has 1 aromatic rings. The molecule has 20 heavy (non-hydrogen) atoms. The molecule has 1 aromatic carbocycles. The minimum atomic E-state index is -0.193. The first-order chi connectivity index (χ1) is 9.44. The van der Waals surface area contributed by atoms with Crippen LogP contribution < -0.4 is 16.0 Å². The highest BCUT2D eigenvalue weighted by Gasteiger charge is 2.13. The fourth-order valence-electron chi connectivity index (χ4n) is 2.39. The van der Waals surface area contributed by atoms with Crippen molar-refractivity contribution in [2.24, 2.45) is 0 Å². The molecule has 4 heteroatoms. The zero-order valence-corrected chi connectivity index (χ0v) is 12.7. The van der Waals surface area contributed by atoms with E-state index in [2.05, 4.69) is 34.1 Å². The van der Waals surface area contributed by atoms with E-state index in [9.17, 15) is 4.79 Å². The Morgan fingerprint density at radius 3 is 2.90 bits per heavy atom. The van der Waals surface area contributed by atoms with Crippen molar-refractivity contribution < 1.29 is 4.79 Å². The Hall–Kier alpha value is -1.71. The van der Waals surface area contributed by atoms with Gasteiger partial charge in [-0.3, -0.25) is 0 Å². The van der Waals surface area contributed by atoms with E-state index in [1.165, 1.54) is 23.2 Å². The summed E-state index contributed by atoms with van der Waals surface area (Å²) in [4.78, 5) is 11.6. The number of fused-ring (bicyclic) bond motifs is 1. The lowest BCUT2D eigenvalue weighted by Crippen LogP contribution is -2.46. The number of anilines is 1. The van der Waals surface area contributed by atoms with Gasteiger partial charge in [0.25, 0.3) is 0 Å². The molecule has 0 aliphatic carbocycles. The first kappa shape index (κ1) is 14.7. The number of hydrogen-bond acceptors (Lipinski definition) is 2. The third kappa shape index (κ3) is 4.44. The normalized spacial score (nSPS) is 14.2. The van der Waals surface area contributed by atoms with E-state index in [0.29, 0.717) is 6.54 Å². The summed E-state index contributed by atoms with van der Waals surface area (Å²) in [6.45, 7) is 7.66. The van der Waals surface area contributed by atoms with Crippen molar-refractivity contribution in [3.05, 3.63) is 29.3 Å². The summed E-state index contributed by atoms with van der Waals surface area (Å²) in [5, 5.41) is 9.21. The highest BCUT2D eigenvalue weighted by atomic mass is 16.2. The van der Waals surface area contributed by atoms with Crippen molar-refractivity contribution in [1.29, 1.82) is 0 Å². The molecule has 0 radical (unpaired) electrons. The SMILES string of the molecule is CC(C)(C)NC(=O)NCCc1ccc2c(c1)CCCN2. The summed E-state index contributed by atoms with van der Waals surface area (Å²) in [5.74, 6) is 0. The average molecular weight is 275 g/mol. The topological polar surface area (TPSA) is 53.2 Å². The van der Waals surface area contributed by atoms with Gasteiger partial charge in [0.1, 0.15) is 0 Å². The number of hydrogen-bond donors (Lipinski definition) is 3. The van der Waals surface area contributed by atoms with Crippen LogP contribution in [0.3, 0.4) is 0 Å². The second-order valence-corrected chi connectivity index (χ2v) is 6.40. The van der Waals surface area contributed by atoms with Gasteiger partial charge in [0, 0.05) is 24.3 Å². The summed E-state index contributed by atoms with van der Waals surface area (Å²) < 4.78 is 0. The Kier molecular flexibility index (Phi) is 4.53. The molecule has 0 saturated carbocycles. The highest BCUT2D eigenvalue weighted by Crippen LogP contribution is 2.22. The van der Waals surface area contributed by atoms with Crippen LogP contribution in [0.25, 0.3) is 0 Å². The fraction of sp³-hybridized carbons (Fsp3) is 0.562. The minimum absolute atomic E-state index is 0.0999. The monoisotopic (exact) mass is 275 g/mol. The Bertz CT molecular complexity index is 477. The highest BCUT2D eigenvalue weighted by molar-refractivity contribution is 5.74. The van der Waals surface area contributed by atoms with Crippen LogP contribution in [0.15, 0.2) is 18.2 Å². The van der Waals surface area contributed by atoms with E-state index >= 15 is 0 Å². The van der Waals surface area contributed by atoms with Crippen molar-refractivity contribution in [2.45, 2.75) is 45.6 Å². The first-order valence-electron chi connectivity index (χ1n) is 7.36. The summed E-state index contributed by atoms with van der Waals surface area (Å²) in [7, 11) is 0. The van der Waals surface area contributed by atoms with Crippen LogP contribution in [0, 0.1) is 0 Å². The average Bonchev–Trinajstić information content (AvgIpc) is 2.36. The maximum Gasteiger partial charge on any atom is 0.315 e. The largest absolute Gasteiger partial charge is 0.385 e. The second-order valence-electron chi connectivity index (χ2n) is 6.40. The fourth-order valence-corrected chi connectivity index (χ4v) is 2.39. The van der Waals surface area contributed by atoms with Gasteiger partial charge in [-0.1, -0.05) is 12.1 Å². The lowest BCUT2D eigenvalue weighted by atomic mass is 9.99. The lowest BCUT2D eigenvalue weighted by molar-refractivity contribution is 0.232. The molecule has 1 aliphatic rings. The maximum absolute atomic E-state index is 11.6. The van der Waals surface area contributed by atoms with Gasteiger partial charge in [-0.05, 0) is 57.2 Å². The van der Waals surface area contributed by atoms with Crippen molar-refractivity contribution in [2.75, 3.05) is 18.4 Å². The van der Waals surface area contributed by atoms with Crippen LogP contribution in [0.4, 0.5) is 10.5 Å². The van der Waals surface area contributed by atoms with E-state index < -0.39 is 0 Å². The Morgan fingerprint density at radius 2 is 2.15 bits per heavy atom. The molecule has 2 amide bonds. The number of urea groups is 1. The van der Waals surface area contributed by atoms with Crippen LogP contribution >= 0.6 is 0 Å². The Labute approximate surface area is 121 Å².